The van der Waals surface area contributed by atoms with Crippen LogP contribution in [0.2, 0.25) is 0 Å². The van der Waals surface area contributed by atoms with Crippen LogP contribution in [0.5, 0.6) is 17.2 Å². The number of esters is 3. The third-order valence-corrected chi connectivity index (χ3v) is 5.86. The highest BCUT2D eigenvalue weighted by molar-refractivity contribution is 6.01. The lowest BCUT2D eigenvalue weighted by Gasteiger charge is -2.12. The van der Waals surface area contributed by atoms with Gasteiger partial charge in [0.25, 0.3) is 0 Å². The molecular weight excluding hydrogens is 492 g/mol. The van der Waals surface area contributed by atoms with Crippen molar-refractivity contribution in [1.82, 2.24) is 0 Å². The Morgan fingerprint density at radius 1 is 0.359 bits per heavy atom. The van der Waals surface area contributed by atoms with E-state index in [1.165, 1.54) is 18.2 Å². The van der Waals surface area contributed by atoms with Crippen molar-refractivity contribution in [3.63, 3.8) is 0 Å². The zero-order chi connectivity index (χ0) is 28.3. The van der Waals surface area contributed by atoms with E-state index in [1.54, 1.807) is 36.4 Å². The zero-order valence-corrected chi connectivity index (χ0v) is 22.9. The van der Waals surface area contributed by atoms with Crippen LogP contribution >= 0.6 is 0 Å². The van der Waals surface area contributed by atoms with E-state index in [4.69, 9.17) is 14.2 Å². The average Bonchev–Trinajstić information content (AvgIpc) is 2.81. The third kappa shape index (κ3) is 7.20. The number of rotatable bonds is 6. The van der Waals surface area contributed by atoms with Crippen LogP contribution in [-0.4, -0.2) is 17.9 Å². The molecule has 6 nitrogen and oxygen atoms in total. The molecule has 0 saturated carbocycles. The van der Waals surface area contributed by atoms with E-state index >= 15 is 0 Å². The smallest absolute Gasteiger partial charge is 0.343 e. The van der Waals surface area contributed by atoms with E-state index in [0.717, 1.165) is 33.4 Å². The molecule has 0 aliphatic carbocycles. The molecule has 0 radical (unpaired) electrons. The Morgan fingerprint density at radius 3 is 0.769 bits per heavy atom. The Balaban J connectivity index is 1.69. The Hall–Kier alpha value is -4.71. The summed E-state index contributed by atoms with van der Waals surface area (Å²) in [6.45, 7) is 11.4. The van der Waals surface area contributed by atoms with Crippen LogP contribution in [0.4, 0.5) is 0 Å². The van der Waals surface area contributed by atoms with Crippen LogP contribution in [0, 0.1) is 41.5 Å². The number of hydrogen-bond acceptors (Lipinski definition) is 6. The molecule has 6 heteroatoms. The number of carbonyl (C=O) groups excluding carboxylic acids is 3. The molecule has 0 fully saturated rings. The average molecular weight is 523 g/mol. The molecule has 0 bridgehead atoms. The van der Waals surface area contributed by atoms with Crippen molar-refractivity contribution >= 4 is 17.9 Å². The Bertz CT molecular complexity index is 1340. The van der Waals surface area contributed by atoms with Crippen molar-refractivity contribution in [1.29, 1.82) is 0 Å². The summed E-state index contributed by atoms with van der Waals surface area (Å²) in [5, 5.41) is 0. The van der Waals surface area contributed by atoms with Gasteiger partial charge in [-0.2, -0.15) is 0 Å². The van der Waals surface area contributed by atoms with Gasteiger partial charge in [0, 0.05) is 0 Å². The second kappa shape index (κ2) is 11.4. The van der Waals surface area contributed by atoms with Gasteiger partial charge in [0.05, 0.1) is 16.7 Å². The molecule has 0 heterocycles. The van der Waals surface area contributed by atoms with Crippen LogP contribution in [0.15, 0.2) is 72.8 Å². The minimum absolute atomic E-state index is 0.0106. The Labute approximate surface area is 228 Å². The molecule has 4 aromatic rings. The maximum absolute atomic E-state index is 13.2. The molecule has 198 valence electrons. The van der Waals surface area contributed by atoms with Gasteiger partial charge in [0.1, 0.15) is 17.2 Å². The molecule has 0 N–H and O–H groups in total. The van der Waals surface area contributed by atoms with E-state index < -0.39 is 17.9 Å². The summed E-state index contributed by atoms with van der Waals surface area (Å²) in [5.41, 5.74) is 5.62. The summed E-state index contributed by atoms with van der Waals surface area (Å²) in [6, 6.07) is 20.3. The molecule has 0 aliphatic heterocycles. The first-order chi connectivity index (χ1) is 18.4. The fourth-order valence-electron chi connectivity index (χ4n) is 4.45. The number of carbonyl (C=O) groups is 3. The SMILES string of the molecule is Cc1cc(C)cc(OC(=O)c2cc(C(=O)Oc3cc(C)cc(C)c3)cc(C(=O)Oc3cc(C)cc(C)c3)c2)c1. The minimum atomic E-state index is -0.721. The molecule has 0 aromatic heterocycles. The van der Waals surface area contributed by atoms with Crippen LogP contribution < -0.4 is 14.2 Å². The molecule has 4 aromatic carbocycles. The summed E-state index contributed by atoms with van der Waals surface area (Å²) in [5.74, 6) is -1.08. The fraction of sp³-hybridized carbons (Fsp3) is 0.182. The van der Waals surface area contributed by atoms with Crippen molar-refractivity contribution in [3.8, 4) is 17.2 Å². The van der Waals surface area contributed by atoms with E-state index in [9.17, 15) is 14.4 Å². The molecule has 0 saturated heterocycles. The Kier molecular flexibility index (Phi) is 7.96. The van der Waals surface area contributed by atoms with Gasteiger partial charge in [-0.3, -0.25) is 0 Å². The topological polar surface area (TPSA) is 78.9 Å². The van der Waals surface area contributed by atoms with Crippen LogP contribution in [0.3, 0.4) is 0 Å². The largest absolute Gasteiger partial charge is 0.423 e. The summed E-state index contributed by atoms with van der Waals surface area (Å²) in [7, 11) is 0. The van der Waals surface area contributed by atoms with Gasteiger partial charge in [-0.25, -0.2) is 14.4 Å². The number of aryl methyl sites for hydroxylation is 6. The predicted octanol–water partition coefficient (Wildman–Crippen LogP) is 7.19. The van der Waals surface area contributed by atoms with Crippen LogP contribution in [-0.2, 0) is 0 Å². The van der Waals surface area contributed by atoms with E-state index in [-0.39, 0.29) is 16.7 Å². The van der Waals surface area contributed by atoms with Crippen LogP contribution in [0.1, 0.15) is 64.5 Å². The summed E-state index contributed by atoms with van der Waals surface area (Å²) in [4.78, 5) is 39.5. The fourth-order valence-corrected chi connectivity index (χ4v) is 4.45. The van der Waals surface area contributed by atoms with E-state index in [0.29, 0.717) is 17.2 Å². The van der Waals surface area contributed by atoms with Crippen molar-refractivity contribution in [2.45, 2.75) is 41.5 Å². The highest BCUT2D eigenvalue weighted by Crippen LogP contribution is 2.23. The van der Waals surface area contributed by atoms with Crippen LogP contribution in [0.25, 0.3) is 0 Å². The minimum Gasteiger partial charge on any atom is -0.423 e. The molecule has 0 spiro atoms. The quantitative estimate of drug-likeness (QED) is 0.197. The van der Waals surface area contributed by atoms with Gasteiger partial charge in [0.15, 0.2) is 0 Å². The van der Waals surface area contributed by atoms with Gasteiger partial charge < -0.3 is 14.2 Å². The standard InChI is InChI=1S/C33H30O6/c1-19-7-20(2)11-28(10-19)37-31(34)25-16-26(32(35)38-29-12-21(3)8-22(4)13-29)18-27(17-25)33(36)39-30-14-23(5)9-24(6)15-30/h7-18H,1-6H3. The van der Waals surface area contributed by atoms with Crippen molar-refractivity contribution < 1.29 is 28.6 Å². The molecule has 0 unspecified atom stereocenters. The van der Waals surface area contributed by atoms with E-state index in [2.05, 4.69) is 0 Å². The van der Waals surface area contributed by atoms with Crippen molar-refractivity contribution in [2.24, 2.45) is 0 Å². The lowest BCUT2D eigenvalue weighted by molar-refractivity contribution is 0.0734. The summed E-state index contributed by atoms with van der Waals surface area (Å²) < 4.78 is 16.8. The first kappa shape index (κ1) is 27.3. The number of hydrogen-bond donors (Lipinski definition) is 0. The van der Waals surface area contributed by atoms with Gasteiger partial charge in [-0.1, -0.05) is 18.2 Å². The first-order valence-electron chi connectivity index (χ1n) is 12.5. The molecule has 0 amide bonds. The lowest BCUT2D eigenvalue weighted by Crippen LogP contribution is -2.17. The summed E-state index contributed by atoms with van der Waals surface area (Å²) >= 11 is 0. The second-order valence-corrected chi connectivity index (χ2v) is 9.94. The molecular formula is C33H30O6. The van der Waals surface area contributed by atoms with Gasteiger partial charge in [-0.05, 0) is 130 Å². The molecule has 0 aliphatic rings. The van der Waals surface area contributed by atoms with Gasteiger partial charge >= 0.3 is 17.9 Å². The van der Waals surface area contributed by atoms with Crippen molar-refractivity contribution in [2.75, 3.05) is 0 Å². The van der Waals surface area contributed by atoms with Gasteiger partial charge in [-0.15, -0.1) is 0 Å². The highest BCUT2D eigenvalue weighted by Gasteiger charge is 2.21. The highest BCUT2D eigenvalue weighted by atomic mass is 16.5. The number of benzene rings is 4. The maximum Gasteiger partial charge on any atom is 0.343 e. The number of ether oxygens (including phenoxy) is 3. The predicted molar refractivity (Wildman–Crippen MR) is 149 cm³/mol. The van der Waals surface area contributed by atoms with Gasteiger partial charge in [0.2, 0.25) is 0 Å². The third-order valence-electron chi connectivity index (χ3n) is 5.86. The zero-order valence-electron chi connectivity index (χ0n) is 22.9. The molecule has 39 heavy (non-hydrogen) atoms. The first-order valence-corrected chi connectivity index (χ1v) is 12.5. The normalized spacial score (nSPS) is 10.6. The summed E-state index contributed by atoms with van der Waals surface area (Å²) in [6.07, 6.45) is 0. The lowest BCUT2D eigenvalue weighted by atomic mass is 10.1. The molecule has 0 atom stereocenters. The maximum atomic E-state index is 13.2. The van der Waals surface area contributed by atoms with E-state index in [1.807, 2.05) is 59.7 Å². The Morgan fingerprint density at radius 2 is 0.564 bits per heavy atom. The second-order valence-electron chi connectivity index (χ2n) is 9.94. The molecule has 4 rings (SSSR count). The monoisotopic (exact) mass is 522 g/mol. The van der Waals surface area contributed by atoms with Crippen molar-refractivity contribution in [3.05, 3.63) is 123 Å².